The maximum Gasteiger partial charge on any atom is 0.162 e. The Morgan fingerprint density at radius 1 is 0.783 bits per heavy atom. The number of allylic oxidation sites excluding steroid dienone is 6. The zero-order valence-corrected chi connectivity index (χ0v) is 13.7. The lowest BCUT2D eigenvalue weighted by Crippen LogP contribution is -1.98. The Bertz CT molecular complexity index is 565. The van der Waals surface area contributed by atoms with Crippen LogP contribution in [0.4, 0.5) is 0 Å². The molecule has 1 aromatic rings. The lowest BCUT2D eigenvalue weighted by molar-refractivity contribution is 0.0979. The molecule has 0 amide bonds. The maximum atomic E-state index is 11.9. The van der Waals surface area contributed by atoms with Gasteiger partial charge in [-0.05, 0) is 12.8 Å². The number of carbonyl (C=O) groups is 1. The SMILES string of the molecule is O=C(CCCCCCCCC(O)=C1C=CC=C1)c1ccccc1. The van der Waals surface area contributed by atoms with Crippen LogP contribution in [-0.2, 0) is 0 Å². The van der Waals surface area contributed by atoms with E-state index >= 15 is 0 Å². The molecule has 0 aliphatic heterocycles. The zero-order chi connectivity index (χ0) is 16.3. The molecule has 122 valence electrons. The first-order valence-electron chi connectivity index (χ1n) is 8.62. The van der Waals surface area contributed by atoms with E-state index < -0.39 is 0 Å². The molecule has 0 saturated carbocycles. The monoisotopic (exact) mass is 310 g/mol. The van der Waals surface area contributed by atoms with Crippen LogP contribution in [0, 0.1) is 0 Å². The van der Waals surface area contributed by atoms with Crippen LogP contribution in [0.25, 0.3) is 0 Å². The second-order valence-electron chi connectivity index (χ2n) is 6.03. The van der Waals surface area contributed by atoms with Gasteiger partial charge in [0.15, 0.2) is 5.78 Å². The normalized spacial score (nSPS) is 12.8. The summed E-state index contributed by atoms with van der Waals surface area (Å²) >= 11 is 0. The summed E-state index contributed by atoms with van der Waals surface area (Å²) in [5.74, 6) is 0.753. The molecular weight excluding hydrogens is 284 g/mol. The van der Waals surface area contributed by atoms with Crippen molar-refractivity contribution in [1.29, 1.82) is 0 Å². The fourth-order valence-electron chi connectivity index (χ4n) is 2.76. The van der Waals surface area contributed by atoms with E-state index in [1.165, 1.54) is 12.8 Å². The van der Waals surface area contributed by atoms with Gasteiger partial charge in [-0.1, -0.05) is 80.3 Å². The Morgan fingerprint density at radius 3 is 2.00 bits per heavy atom. The Labute approximate surface area is 139 Å². The fourth-order valence-corrected chi connectivity index (χ4v) is 2.76. The highest BCUT2D eigenvalue weighted by molar-refractivity contribution is 5.95. The van der Waals surface area contributed by atoms with Crippen molar-refractivity contribution in [2.24, 2.45) is 0 Å². The van der Waals surface area contributed by atoms with Gasteiger partial charge < -0.3 is 5.11 Å². The summed E-state index contributed by atoms with van der Waals surface area (Å²) < 4.78 is 0. The van der Waals surface area contributed by atoms with E-state index in [0.29, 0.717) is 12.2 Å². The van der Waals surface area contributed by atoms with Crippen LogP contribution in [0.1, 0.15) is 61.7 Å². The summed E-state index contributed by atoms with van der Waals surface area (Å²) in [5.41, 5.74) is 1.77. The summed E-state index contributed by atoms with van der Waals surface area (Å²) in [7, 11) is 0. The molecule has 0 heterocycles. The van der Waals surface area contributed by atoms with E-state index in [-0.39, 0.29) is 5.78 Å². The Balaban J connectivity index is 1.48. The summed E-state index contributed by atoms with van der Waals surface area (Å²) in [6.07, 6.45) is 15.8. The summed E-state index contributed by atoms with van der Waals surface area (Å²) in [4.78, 5) is 11.9. The van der Waals surface area contributed by atoms with Crippen LogP contribution in [0.5, 0.6) is 0 Å². The minimum absolute atomic E-state index is 0.250. The zero-order valence-electron chi connectivity index (χ0n) is 13.7. The molecule has 0 spiro atoms. The predicted molar refractivity (Wildman–Crippen MR) is 95.6 cm³/mol. The van der Waals surface area contributed by atoms with Crippen LogP contribution in [0.15, 0.2) is 66.0 Å². The number of carbonyl (C=O) groups excluding carboxylic acids is 1. The predicted octanol–water partition coefficient (Wildman–Crippen LogP) is 5.93. The van der Waals surface area contributed by atoms with Crippen molar-refractivity contribution in [3.8, 4) is 0 Å². The van der Waals surface area contributed by atoms with E-state index in [9.17, 15) is 9.90 Å². The van der Waals surface area contributed by atoms with E-state index in [1.54, 1.807) is 0 Å². The van der Waals surface area contributed by atoms with E-state index in [1.807, 2.05) is 54.6 Å². The molecule has 0 bridgehead atoms. The molecule has 0 radical (unpaired) electrons. The van der Waals surface area contributed by atoms with Crippen molar-refractivity contribution in [2.75, 3.05) is 0 Å². The first kappa shape index (κ1) is 17.3. The molecule has 0 aromatic heterocycles. The smallest absolute Gasteiger partial charge is 0.162 e. The van der Waals surface area contributed by atoms with Gasteiger partial charge >= 0.3 is 0 Å². The summed E-state index contributed by atoms with van der Waals surface area (Å²) in [6.45, 7) is 0. The lowest BCUT2D eigenvalue weighted by atomic mass is 10.0. The van der Waals surface area contributed by atoms with Crippen LogP contribution in [0.3, 0.4) is 0 Å². The quantitative estimate of drug-likeness (QED) is 0.330. The van der Waals surface area contributed by atoms with Gasteiger partial charge in [0, 0.05) is 24.0 Å². The summed E-state index contributed by atoms with van der Waals surface area (Å²) in [6, 6.07) is 9.53. The molecule has 2 rings (SSSR count). The van der Waals surface area contributed by atoms with Gasteiger partial charge in [0.1, 0.15) is 0 Å². The van der Waals surface area contributed by atoms with Gasteiger partial charge in [-0.3, -0.25) is 4.79 Å². The molecule has 0 fully saturated rings. The van der Waals surface area contributed by atoms with Crippen LogP contribution in [0.2, 0.25) is 0 Å². The molecular formula is C21H26O2. The highest BCUT2D eigenvalue weighted by atomic mass is 16.3. The number of rotatable bonds is 10. The number of hydrogen-bond acceptors (Lipinski definition) is 2. The number of unbranched alkanes of at least 4 members (excludes halogenated alkanes) is 5. The van der Waals surface area contributed by atoms with Crippen molar-refractivity contribution in [2.45, 2.75) is 51.4 Å². The van der Waals surface area contributed by atoms with E-state index in [0.717, 1.165) is 43.2 Å². The van der Waals surface area contributed by atoms with Gasteiger partial charge in [-0.15, -0.1) is 0 Å². The van der Waals surface area contributed by atoms with E-state index in [4.69, 9.17) is 0 Å². The molecule has 2 nitrogen and oxygen atoms in total. The van der Waals surface area contributed by atoms with Crippen molar-refractivity contribution >= 4 is 5.78 Å². The standard InChI is InChI=1S/C21H26O2/c22-20(18-12-6-5-7-13-18)16-8-3-1-2-4-9-17-21(23)19-14-10-11-15-19/h5-7,10-15,23H,1-4,8-9,16-17H2. The summed E-state index contributed by atoms with van der Waals surface area (Å²) in [5, 5.41) is 9.90. The molecule has 0 unspecified atom stereocenters. The Morgan fingerprint density at radius 2 is 1.35 bits per heavy atom. The average Bonchev–Trinajstić information content (AvgIpc) is 3.12. The topological polar surface area (TPSA) is 37.3 Å². The Hall–Kier alpha value is -2.09. The maximum absolute atomic E-state index is 11.9. The number of hydrogen-bond donors (Lipinski definition) is 1. The second kappa shape index (κ2) is 9.83. The van der Waals surface area contributed by atoms with Crippen LogP contribution >= 0.6 is 0 Å². The van der Waals surface area contributed by atoms with Crippen molar-refractivity contribution < 1.29 is 9.90 Å². The molecule has 0 saturated heterocycles. The molecule has 1 aromatic carbocycles. The number of aliphatic hydroxyl groups is 1. The molecule has 23 heavy (non-hydrogen) atoms. The third-order valence-electron chi connectivity index (χ3n) is 4.16. The van der Waals surface area contributed by atoms with Crippen molar-refractivity contribution in [3.05, 3.63) is 71.5 Å². The van der Waals surface area contributed by atoms with Gasteiger partial charge in [0.25, 0.3) is 0 Å². The fraction of sp³-hybridized carbons (Fsp3) is 0.381. The van der Waals surface area contributed by atoms with Gasteiger partial charge in [0.05, 0.1) is 5.76 Å². The minimum Gasteiger partial charge on any atom is -0.512 e. The van der Waals surface area contributed by atoms with Gasteiger partial charge in [-0.25, -0.2) is 0 Å². The average molecular weight is 310 g/mol. The Kier molecular flexibility index (Phi) is 7.38. The molecule has 2 heteroatoms. The number of Topliss-reactive ketones (excluding diaryl/α,β-unsaturated/α-hetero) is 1. The highest BCUT2D eigenvalue weighted by Crippen LogP contribution is 2.17. The molecule has 0 atom stereocenters. The minimum atomic E-state index is 0.250. The molecule has 1 aliphatic rings. The van der Waals surface area contributed by atoms with Crippen molar-refractivity contribution in [1.82, 2.24) is 0 Å². The number of ketones is 1. The highest BCUT2D eigenvalue weighted by Gasteiger charge is 2.04. The van der Waals surface area contributed by atoms with Crippen LogP contribution in [-0.4, -0.2) is 10.9 Å². The lowest BCUT2D eigenvalue weighted by Gasteiger charge is -2.04. The van der Waals surface area contributed by atoms with Crippen LogP contribution < -0.4 is 0 Å². The number of aliphatic hydroxyl groups excluding tert-OH is 1. The third kappa shape index (κ3) is 6.27. The molecule has 1 N–H and O–H groups in total. The van der Waals surface area contributed by atoms with Crippen molar-refractivity contribution in [3.63, 3.8) is 0 Å². The molecule has 1 aliphatic carbocycles. The second-order valence-corrected chi connectivity index (χ2v) is 6.03. The third-order valence-corrected chi connectivity index (χ3v) is 4.16. The first-order valence-corrected chi connectivity index (χ1v) is 8.62. The van der Waals surface area contributed by atoms with E-state index in [2.05, 4.69) is 0 Å². The largest absolute Gasteiger partial charge is 0.512 e. The first-order chi connectivity index (χ1) is 11.3. The van der Waals surface area contributed by atoms with Gasteiger partial charge in [-0.2, -0.15) is 0 Å². The van der Waals surface area contributed by atoms with Gasteiger partial charge in [0.2, 0.25) is 0 Å². The number of benzene rings is 1.